The predicted octanol–water partition coefficient (Wildman–Crippen LogP) is 4.21. The third-order valence-corrected chi connectivity index (χ3v) is 5.11. The van der Waals surface area contributed by atoms with Crippen LogP contribution in [0.25, 0.3) is 10.9 Å². The summed E-state index contributed by atoms with van der Waals surface area (Å²) in [5, 5.41) is 4.11. The highest BCUT2D eigenvalue weighted by Gasteiger charge is 2.25. The number of rotatable bonds is 6. The summed E-state index contributed by atoms with van der Waals surface area (Å²) in [6.07, 6.45) is 11.0. The zero-order valence-corrected chi connectivity index (χ0v) is 16.8. The first kappa shape index (κ1) is 19.8. The summed E-state index contributed by atoms with van der Waals surface area (Å²) < 4.78 is 5.84. The number of ether oxygens (including phenoxy) is 1. The molecule has 0 fully saturated rings. The van der Waals surface area contributed by atoms with Gasteiger partial charge in [-0.3, -0.25) is 9.78 Å². The molecule has 1 amide bonds. The lowest BCUT2D eigenvalue weighted by Crippen LogP contribution is -2.47. The minimum Gasteiger partial charge on any atom is -0.470 e. The van der Waals surface area contributed by atoms with E-state index >= 15 is 0 Å². The number of thioether (sulfide) groups is 2. The van der Waals surface area contributed by atoms with Crippen LogP contribution in [0.5, 0.6) is 5.75 Å². The maximum absolute atomic E-state index is 12.4. The molecule has 0 saturated heterocycles. The smallest absolute Gasteiger partial charge is 0.272 e. The molecule has 132 valence electrons. The average Bonchev–Trinajstić information content (AvgIpc) is 2.58. The SMILES string of the molecule is C#CC(C)(C)NC(=O)C(Oc1cc(Cl)c2ncc(SC)cc2c1)SC. The van der Waals surface area contributed by atoms with Gasteiger partial charge >= 0.3 is 0 Å². The van der Waals surface area contributed by atoms with Crippen LogP contribution < -0.4 is 10.1 Å². The molecule has 7 heteroatoms. The Balaban J connectivity index is 2.28. The summed E-state index contributed by atoms with van der Waals surface area (Å²) in [7, 11) is 0. The maximum Gasteiger partial charge on any atom is 0.272 e. The molecule has 1 N–H and O–H groups in total. The van der Waals surface area contributed by atoms with Gasteiger partial charge in [0.2, 0.25) is 5.44 Å². The van der Waals surface area contributed by atoms with Crippen LogP contribution in [-0.2, 0) is 4.79 Å². The summed E-state index contributed by atoms with van der Waals surface area (Å²) in [6.45, 7) is 3.51. The van der Waals surface area contributed by atoms with Crippen molar-refractivity contribution in [2.45, 2.75) is 29.7 Å². The van der Waals surface area contributed by atoms with Gasteiger partial charge in [0.05, 0.1) is 16.1 Å². The number of amides is 1. The van der Waals surface area contributed by atoms with Gasteiger partial charge in [0.1, 0.15) is 5.75 Å². The molecule has 2 aromatic rings. The van der Waals surface area contributed by atoms with Gasteiger partial charge in [0.15, 0.2) is 0 Å². The number of nitrogens with zero attached hydrogens (tertiary/aromatic N) is 1. The molecule has 1 heterocycles. The van der Waals surface area contributed by atoms with Crippen LogP contribution in [0.4, 0.5) is 0 Å². The number of aromatic nitrogens is 1. The van der Waals surface area contributed by atoms with E-state index in [4.69, 9.17) is 22.8 Å². The van der Waals surface area contributed by atoms with Crippen LogP contribution in [0.2, 0.25) is 5.02 Å². The molecule has 2 rings (SSSR count). The Morgan fingerprint density at radius 2 is 2.12 bits per heavy atom. The molecule has 4 nitrogen and oxygen atoms in total. The highest BCUT2D eigenvalue weighted by molar-refractivity contribution is 7.99. The Morgan fingerprint density at radius 3 is 2.72 bits per heavy atom. The van der Waals surface area contributed by atoms with Gasteiger partial charge in [-0.15, -0.1) is 29.9 Å². The molecule has 1 atom stereocenters. The van der Waals surface area contributed by atoms with Gasteiger partial charge < -0.3 is 10.1 Å². The number of pyridine rings is 1. The van der Waals surface area contributed by atoms with E-state index in [2.05, 4.69) is 16.2 Å². The first-order valence-corrected chi connectivity index (χ1v) is 10.3. The first-order valence-electron chi connectivity index (χ1n) is 7.42. The highest BCUT2D eigenvalue weighted by Crippen LogP contribution is 2.31. The van der Waals surface area contributed by atoms with Gasteiger partial charge in [0, 0.05) is 22.5 Å². The molecule has 1 aromatic heterocycles. The number of carbonyl (C=O) groups is 1. The normalized spacial score (nSPS) is 12.5. The Bertz CT molecular complexity index is 834. The van der Waals surface area contributed by atoms with E-state index < -0.39 is 11.0 Å². The molecule has 25 heavy (non-hydrogen) atoms. The molecule has 0 aliphatic carbocycles. The van der Waals surface area contributed by atoms with E-state index in [1.165, 1.54) is 11.8 Å². The Morgan fingerprint density at radius 1 is 1.40 bits per heavy atom. The quantitative estimate of drug-likeness (QED) is 0.452. The lowest BCUT2D eigenvalue weighted by molar-refractivity contribution is -0.125. The van der Waals surface area contributed by atoms with Crippen molar-refractivity contribution in [1.29, 1.82) is 0 Å². The number of terminal acetylenes is 1. The van der Waals surface area contributed by atoms with E-state index in [9.17, 15) is 4.79 Å². The van der Waals surface area contributed by atoms with Crippen LogP contribution in [0.1, 0.15) is 13.8 Å². The van der Waals surface area contributed by atoms with Crippen molar-refractivity contribution in [2.75, 3.05) is 12.5 Å². The minimum atomic E-state index is -0.743. The zero-order valence-electron chi connectivity index (χ0n) is 14.4. The number of fused-ring (bicyclic) bond motifs is 1. The second kappa shape index (κ2) is 8.22. The molecule has 1 aromatic carbocycles. The van der Waals surface area contributed by atoms with Gasteiger partial charge in [0.25, 0.3) is 5.91 Å². The van der Waals surface area contributed by atoms with Crippen molar-refractivity contribution in [3.05, 3.63) is 29.4 Å². The lowest BCUT2D eigenvalue weighted by Gasteiger charge is -2.24. The molecule has 0 radical (unpaired) electrons. The fourth-order valence-corrected chi connectivity index (χ4v) is 3.22. The largest absolute Gasteiger partial charge is 0.470 e. The van der Waals surface area contributed by atoms with Crippen molar-refractivity contribution in [2.24, 2.45) is 0 Å². The molecule has 0 saturated carbocycles. The Kier molecular flexibility index (Phi) is 6.50. The fourth-order valence-electron chi connectivity index (χ4n) is 2.07. The Labute approximate surface area is 161 Å². The monoisotopic (exact) mass is 394 g/mol. The summed E-state index contributed by atoms with van der Waals surface area (Å²) in [5.74, 6) is 2.75. The number of hydrogen-bond acceptors (Lipinski definition) is 5. The standard InChI is InChI=1S/C18H19ClN2O2S2/c1-6-18(2,3)21-16(22)17(25-5)23-12-7-11-8-13(24-4)10-20-15(11)14(19)9-12/h1,7-10,17H,2-5H3,(H,21,22). The van der Waals surface area contributed by atoms with E-state index in [1.807, 2.05) is 18.4 Å². The molecule has 0 aliphatic heterocycles. The van der Waals surface area contributed by atoms with Crippen LogP contribution in [-0.4, -0.2) is 34.4 Å². The second-order valence-electron chi connectivity index (χ2n) is 5.80. The lowest BCUT2D eigenvalue weighted by atomic mass is 10.1. The predicted molar refractivity (Wildman–Crippen MR) is 108 cm³/mol. The summed E-state index contributed by atoms with van der Waals surface area (Å²) in [4.78, 5) is 17.8. The van der Waals surface area contributed by atoms with E-state index in [0.29, 0.717) is 16.3 Å². The molecule has 0 aliphatic rings. The van der Waals surface area contributed by atoms with Crippen LogP contribution >= 0.6 is 35.1 Å². The van der Waals surface area contributed by atoms with Crippen molar-refractivity contribution >= 4 is 51.9 Å². The van der Waals surface area contributed by atoms with Gasteiger partial charge in [-0.2, -0.15) is 0 Å². The average molecular weight is 395 g/mol. The van der Waals surface area contributed by atoms with Crippen molar-refractivity contribution in [3.8, 4) is 18.1 Å². The molecular formula is C18H19ClN2O2S2. The van der Waals surface area contributed by atoms with Crippen LogP contribution in [0.3, 0.4) is 0 Å². The van der Waals surface area contributed by atoms with E-state index in [0.717, 1.165) is 10.3 Å². The third-order valence-electron chi connectivity index (χ3n) is 3.39. The van der Waals surface area contributed by atoms with Crippen molar-refractivity contribution in [1.82, 2.24) is 10.3 Å². The molecule has 0 spiro atoms. The topological polar surface area (TPSA) is 51.2 Å². The molecular weight excluding hydrogens is 376 g/mol. The summed E-state index contributed by atoms with van der Waals surface area (Å²) in [5.41, 5.74) is -0.782. The fraction of sp³-hybridized carbons (Fsp3) is 0.333. The van der Waals surface area contributed by atoms with E-state index in [1.54, 1.807) is 44.1 Å². The third kappa shape index (κ3) is 4.97. The highest BCUT2D eigenvalue weighted by atomic mass is 35.5. The van der Waals surface area contributed by atoms with Gasteiger partial charge in [-0.25, -0.2) is 0 Å². The summed E-state index contributed by atoms with van der Waals surface area (Å²) in [6, 6.07) is 5.48. The number of benzene rings is 1. The van der Waals surface area contributed by atoms with Crippen molar-refractivity contribution in [3.63, 3.8) is 0 Å². The van der Waals surface area contributed by atoms with Crippen LogP contribution in [0, 0.1) is 12.3 Å². The van der Waals surface area contributed by atoms with Gasteiger partial charge in [-0.1, -0.05) is 17.5 Å². The van der Waals surface area contributed by atoms with Gasteiger partial charge in [-0.05, 0) is 38.5 Å². The maximum atomic E-state index is 12.4. The number of nitrogens with one attached hydrogen (secondary N) is 1. The Hall–Kier alpha value is -1.55. The van der Waals surface area contributed by atoms with E-state index in [-0.39, 0.29) is 5.91 Å². The zero-order chi connectivity index (χ0) is 18.6. The first-order chi connectivity index (χ1) is 11.8. The minimum absolute atomic E-state index is 0.289. The molecule has 0 bridgehead atoms. The molecule has 1 unspecified atom stereocenters. The van der Waals surface area contributed by atoms with Crippen LogP contribution in [0.15, 0.2) is 29.3 Å². The number of carbonyl (C=O) groups excluding carboxylic acids is 1. The number of hydrogen-bond donors (Lipinski definition) is 1. The second-order valence-corrected chi connectivity index (χ2v) is 7.98. The number of halogens is 1. The summed E-state index contributed by atoms with van der Waals surface area (Å²) >= 11 is 9.18. The van der Waals surface area contributed by atoms with Crippen molar-refractivity contribution < 1.29 is 9.53 Å².